The summed E-state index contributed by atoms with van der Waals surface area (Å²) in [5.41, 5.74) is 2.65. The average molecular weight is 374 g/mol. The average Bonchev–Trinajstić information content (AvgIpc) is 2.97. The van der Waals surface area contributed by atoms with Crippen LogP contribution in [0.1, 0.15) is 13.8 Å². The van der Waals surface area contributed by atoms with Gasteiger partial charge in [0.25, 0.3) is 0 Å². The fraction of sp³-hybridized carbons (Fsp3) is 0.533. The molecule has 1 aliphatic heterocycles. The highest BCUT2D eigenvalue weighted by molar-refractivity contribution is 7.91. The van der Waals surface area contributed by atoms with Gasteiger partial charge in [-0.3, -0.25) is 0 Å². The summed E-state index contributed by atoms with van der Waals surface area (Å²) in [6.45, 7) is 3.83. The minimum Gasteiger partial charge on any atom is -0.464 e. The standard InChI is InChI=1S/C15H22N2O7S/c1-10(2)6-16-17(15(19)20)7-11(18)8-25(21,22)12-3-4-13-14(5-12)24-9-23-13/h3-5,10-11,16,18H,6-9H2,1-2H3,(H,19,20). The summed E-state index contributed by atoms with van der Waals surface area (Å²) in [6, 6.07) is 4.17. The number of rotatable bonds is 8. The van der Waals surface area contributed by atoms with Gasteiger partial charge in [-0.2, -0.15) is 0 Å². The monoisotopic (exact) mass is 374 g/mol. The highest BCUT2D eigenvalue weighted by Gasteiger charge is 2.25. The smallest absolute Gasteiger partial charge is 0.421 e. The van der Waals surface area contributed by atoms with Crippen molar-refractivity contribution in [3.05, 3.63) is 18.2 Å². The van der Waals surface area contributed by atoms with Crippen molar-refractivity contribution in [1.82, 2.24) is 10.4 Å². The lowest BCUT2D eigenvalue weighted by molar-refractivity contribution is 0.0781. The van der Waals surface area contributed by atoms with Crippen molar-refractivity contribution < 1.29 is 32.9 Å². The van der Waals surface area contributed by atoms with Crippen LogP contribution in [0.25, 0.3) is 0 Å². The Morgan fingerprint density at radius 3 is 2.64 bits per heavy atom. The number of sulfone groups is 1. The second-order valence-corrected chi connectivity index (χ2v) is 8.13. The molecule has 140 valence electrons. The number of hydrogen-bond acceptors (Lipinski definition) is 7. The number of fused-ring (bicyclic) bond motifs is 1. The van der Waals surface area contributed by atoms with E-state index < -0.39 is 27.8 Å². The van der Waals surface area contributed by atoms with Gasteiger partial charge in [0.15, 0.2) is 21.3 Å². The number of nitrogens with zero attached hydrogens (tertiary/aromatic N) is 1. The molecule has 0 aromatic heterocycles. The van der Waals surface area contributed by atoms with Crippen molar-refractivity contribution in [2.45, 2.75) is 24.8 Å². The van der Waals surface area contributed by atoms with Gasteiger partial charge in [-0.05, 0) is 18.1 Å². The van der Waals surface area contributed by atoms with Crippen molar-refractivity contribution in [3.63, 3.8) is 0 Å². The number of hydrogen-bond donors (Lipinski definition) is 3. The van der Waals surface area contributed by atoms with Gasteiger partial charge in [0.05, 0.1) is 23.3 Å². The van der Waals surface area contributed by atoms with Crippen LogP contribution in [0.15, 0.2) is 23.1 Å². The van der Waals surface area contributed by atoms with E-state index in [0.717, 1.165) is 5.01 Å². The van der Waals surface area contributed by atoms with Crippen molar-refractivity contribution in [1.29, 1.82) is 0 Å². The van der Waals surface area contributed by atoms with Crippen LogP contribution in [0.4, 0.5) is 4.79 Å². The van der Waals surface area contributed by atoms with Crippen LogP contribution in [0.5, 0.6) is 11.5 Å². The van der Waals surface area contributed by atoms with E-state index in [2.05, 4.69) is 5.43 Å². The normalized spacial score (nSPS) is 14.6. The molecule has 25 heavy (non-hydrogen) atoms. The fourth-order valence-electron chi connectivity index (χ4n) is 2.19. The van der Waals surface area contributed by atoms with Crippen LogP contribution < -0.4 is 14.9 Å². The van der Waals surface area contributed by atoms with Crippen molar-refractivity contribution in [2.24, 2.45) is 5.92 Å². The first-order valence-corrected chi connectivity index (χ1v) is 9.38. The SMILES string of the molecule is CC(C)CNN(CC(O)CS(=O)(=O)c1ccc2c(c1)OCO2)C(=O)O. The molecule has 1 aliphatic rings. The molecule has 2 rings (SSSR count). The largest absolute Gasteiger partial charge is 0.464 e. The summed E-state index contributed by atoms with van der Waals surface area (Å²) in [6.07, 6.45) is -2.67. The van der Waals surface area contributed by atoms with Crippen molar-refractivity contribution in [3.8, 4) is 11.5 Å². The molecule has 0 radical (unpaired) electrons. The Morgan fingerprint density at radius 2 is 2.00 bits per heavy atom. The summed E-state index contributed by atoms with van der Waals surface area (Å²) >= 11 is 0. The van der Waals surface area contributed by atoms with Crippen molar-refractivity contribution in [2.75, 3.05) is 25.6 Å². The second-order valence-electron chi connectivity index (χ2n) is 6.10. The molecular weight excluding hydrogens is 352 g/mol. The van der Waals surface area contributed by atoms with Gasteiger partial charge >= 0.3 is 6.09 Å². The molecule has 1 heterocycles. The Bertz CT molecular complexity index is 721. The molecule has 1 amide bonds. The van der Waals surface area contributed by atoms with Gasteiger partial charge in [-0.15, -0.1) is 0 Å². The van der Waals surface area contributed by atoms with Crippen LogP contribution in [0, 0.1) is 5.92 Å². The second kappa shape index (κ2) is 7.89. The zero-order valence-electron chi connectivity index (χ0n) is 14.0. The van der Waals surface area contributed by atoms with E-state index in [4.69, 9.17) is 14.6 Å². The molecule has 1 aromatic rings. The molecule has 0 saturated heterocycles. The molecule has 0 aliphatic carbocycles. The molecule has 1 atom stereocenters. The predicted molar refractivity (Wildman–Crippen MR) is 88.2 cm³/mol. The first kappa shape index (κ1) is 19.3. The number of ether oxygens (including phenoxy) is 2. The Kier molecular flexibility index (Phi) is 6.09. The molecular formula is C15H22N2O7S. The maximum absolute atomic E-state index is 12.4. The van der Waals surface area contributed by atoms with E-state index in [1.54, 1.807) is 0 Å². The van der Waals surface area contributed by atoms with Crippen LogP contribution in [-0.4, -0.2) is 61.5 Å². The lowest BCUT2D eigenvalue weighted by Gasteiger charge is -2.24. The topological polar surface area (TPSA) is 125 Å². The van der Waals surface area contributed by atoms with Gasteiger partial charge in [-0.25, -0.2) is 23.6 Å². The third kappa shape index (κ3) is 5.21. The third-order valence-corrected chi connectivity index (χ3v) is 5.23. The van der Waals surface area contributed by atoms with Crippen LogP contribution in [-0.2, 0) is 9.84 Å². The van der Waals surface area contributed by atoms with Crippen LogP contribution in [0.3, 0.4) is 0 Å². The molecule has 3 N–H and O–H groups in total. The van der Waals surface area contributed by atoms with Gasteiger partial charge < -0.3 is 19.7 Å². The summed E-state index contributed by atoms with van der Waals surface area (Å²) in [5.74, 6) is 0.354. The number of carbonyl (C=O) groups is 1. The van der Waals surface area contributed by atoms with Crippen LogP contribution in [0.2, 0.25) is 0 Å². The van der Waals surface area contributed by atoms with E-state index >= 15 is 0 Å². The van der Waals surface area contributed by atoms with E-state index in [0.29, 0.717) is 18.0 Å². The third-order valence-electron chi connectivity index (χ3n) is 3.43. The van der Waals surface area contributed by atoms with E-state index in [9.17, 15) is 18.3 Å². The maximum atomic E-state index is 12.4. The Labute approximate surface area is 146 Å². The number of aliphatic hydroxyl groups is 1. The van der Waals surface area contributed by atoms with Crippen LogP contribution >= 0.6 is 0 Å². The predicted octanol–water partition coefficient (Wildman–Crippen LogP) is 0.690. The molecule has 0 bridgehead atoms. The number of aliphatic hydroxyl groups excluding tert-OH is 1. The van der Waals surface area contributed by atoms with Gasteiger partial charge in [0.2, 0.25) is 6.79 Å². The van der Waals surface area contributed by atoms with Gasteiger partial charge in [0, 0.05) is 12.6 Å². The minimum atomic E-state index is -3.82. The maximum Gasteiger partial charge on any atom is 0.421 e. The Morgan fingerprint density at radius 1 is 1.32 bits per heavy atom. The highest BCUT2D eigenvalue weighted by Crippen LogP contribution is 2.34. The molecule has 0 saturated carbocycles. The molecule has 9 nitrogen and oxygen atoms in total. The van der Waals surface area contributed by atoms with E-state index in [1.807, 2.05) is 13.8 Å². The molecule has 1 aromatic carbocycles. The Balaban J connectivity index is 2.02. The van der Waals surface area contributed by atoms with E-state index in [-0.39, 0.29) is 24.2 Å². The highest BCUT2D eigenvalue weighted by atomic mass is 32.2. The summed E-state index contributed by atoms with van der Waals surface area (Å²) in [7, 11) is -3.82. The minimum absolute atomic E-state index is 0.0205. The summed E-state index contributed by atoms with van der Waals surface area (Å²) in [5, 5.41) is 20.0. The quantitative estimate of drug-likeness (QED) is 0.568. The van der Waals surface area contributed by atoms with Gasteiger partial charge in [0.1, 0.15) is 0 Å². The molecule has 10 heteroatoms. The van der Waals surface area contributed by atoms with E-state index in [1.165, 1.54) is 18.2 Å². The zero-order chi connectivity index (χ0) is 18.6. The summed E-state index contributed by atoms with van der Waals surface area (Å²) < 4.78 is 35.1. The molecule has 1 unspecified atom stereocenters. The Hall–Kier alpha value is -2.04. The number of nitrogens with one attached hydrogen (secondary N) is 1. The number of amides is 1. The molecule has 0 spiro atoms. The zero-order valence-corrected chi connectivity index (χ0v) is 14.8. The molecule has 0 fully saturated rings. The fourth-order valence-corrected chi connectivity index (χ4v) is 3.55. The number of benzene rings is 1. The van der Waals surface area contributed by atoms with Gasteiger partial charge in [-0.1, -0.05) is 13.8 Å². The summed E-state index contributed by atoms with van der Waals surface area (Å²) in [4.78, 5) is 11.2. The first-order chi connectivity index (χ1) is 11.7. The first-order valence-electron chi connectivity index (χ1n) is 7.73. The lowest BCUT2D eigenvalue weighted by Crippen LogP contribution is -2.48. The lowest BCUT2D eigenvalue weighted by atomic mass is 10.2. The number of carboxylic acid groups (broad SMARTS) is 1. The number of hydrazine groups is 1. The van der Waals surface area contributed by atoms with Crippen molar-refractivity contribution >= 4 is 15.9 Å².